The van der Waals surface area contributed by atoms with E-state index in [4.69, 9.17) is 0 Å². The first-order valence-electron chi connectivity index (χ1n) is 2.46. The number of carbonyl (C=O) groups excluding carboxylic acids is 1. The van der Waals surface area contributed by atoms with E-state index in [2.05, 4.69) is 9.97 Å². The molecule has 0 spiro atoms. The molecule has 0 amide bonds. The topological polar surface area (TPSA) is 68.8 Å². The van der Waals surface area contributed by atoms with Gasteiger partial charge < -0.3 is 14.9 Å². The summed E-state index contributed by atoms with van der Waals surface area (Å²) < 4.78 is 0. The molecule has 48 valence electrons. The van der Waals surface area contributed by atoms with Gasteiger partial charge in [0.05, 0.1) is 12.0 Å². The molecule has 0 unspecified atom stereocenters. The van der Waals surface area contributed by atoms with Crippen molar-refractivity contribution in [1.29, 1.82) is 0 Å². The summed E-state index contributed by atoms with van der Waals surface area (Å²) in [6.45, 7) is 0. The molecule has 0 bridgehead atoms. The Morgan fingerprint density at radius 3 is 2.90 bits per heavy atom. The third kappa shape index (κ3) is 3.00. The number of hydrogen-bond donors (Lipinski definition) is 1. The number of H-pyrrole nitrogens is 1. The van der Waals surface area contributed by atoms with E-state index in [1.165, 1.54) is 12.5 Å². The molecular weight excluding hydrogens is 143 g/mol. The monoisotopic (exact) mass is 148 g/mol. The van der Waals surface area contributed by atoms with E-state index < -0.39 is 5.97 Å². The fourth-order valence-electron chi connectivity index (χ4n) is 0.535. The summed E-state index contributed by atoms with van der Waals surface area (Å²) in [6, 6.07) is 0. The van der Waals surface area contributed by atoms with Crippen LogP contribution in [0.2, 0.25) is 0 Å². The molecule has 0 aromatic carbocycles. The van der Waals surface area contributed by atoms with Crippen LogP contribution >= 0.6 is 0 Å². The van der Waals surface area contributed by atoms with Crippen molar-refractivity contribution in [3.8, 4) is 0 Å². The summed E-state index contributed by atoms with van der Waals surface area (Å²) in [4.78, 5) is 16.2. The summed E-state index contributed by atoms with van der Waals surface area (Å²) in [5.74, 6) is -1.11. The Balaban J connectivity index is 0.000000810. The normalized spacial score (nSPS) is 8.40. The molecule has 1 aromatic heterocycles. The maximum atomic E-state index is 9.90. The van der Waals surface area contributed by atoms with Crippen molar-refractivity contribution >= 4 is 5.97 Å². The number of rotatable bonds is 2. The summed E-state index contributed by atoms with van der Waals surface area (Å²) in [6.07, 6.45) is 2.83. The van der Waals surface area contributed by atoms with E-state index in [1.54, 1.807) is 0 Å². The van der Waals surface area contributed by atoms with Crippen LogP contribution in [0.1, 0.15) is 5.69 Å². The molecular formula is C5H5N2NaO2. The van der Waals surface area contributed by atoms with Gasteiger partial charge in [0.2, 0.25) is 0 Å². The average Bonchev–Trinajstić information content (AvgIpc) is 2.15. The van der Waals surface area contributed by atoms with E-state index in [-0.39, 0.29) is 36.0 Å². The predicted octanol–water partition coefficient (Wildman–Crippen LogP) is -4.29. The molecule has 5 heteroatoms. The maximum absolute atomic E-state index is 9.90. The summed E-state index contributed by atoms with van der Waals surface area (Å²) in [7, 11) is 0. The Morgan fingerprint density at radius 2 is 2.50 bits per heavy atom. The quantitative estimate of drug-likeness (QED) is 0.431. The number of hydrogen-bond acceptors (Lipinski definition) is 3. The molecule has 1 rings (SSSR count). The van der Waals surface area contributed by atoms with Crippen LogP contribution in [0.4, 0.5) is 0 Å². The number of nitrogens with one attached hydrogen (secondary N) is 1. The number of imidazole rings is 1. The average molecular weight is 148 g/mol. The van der Waals surface area contributed by atoms with Crippen molar-refractivity contribution in [2.45, 2.75) is 6.42 Å². The molecule has 0 atom stereocenters. The zero-order chi connectivity index (χ0) is 6.69. The second kappa shape index (κ2) is 4.49. The number of carbonyl (C=O) groups is 1. The van der Waals surface area contributed by atoms with Crippen LogP contribution < -0.4 is 34.7 Å². The number of carboxylic acids is 1. The molecule has 10 heavy (non-hydrogen) atoms. The largest absolute Gasteiger partial charge is 1.00 e. The number of nitrogens with zero attached hydrogens (tertiary/aromatic N) is 1. The molecule has 0 radical (unpaired) electrons. The number of aromatic amines is 1. The Hall–Kier alpha value is -0.320. The maximum Gasteiger partial charge on any atom is 1.00 e. The summed E-state index contributed by atoms with van der Waals surface area (Å²) in [5.41, 5.74) is 0.495. The van der Waals surface area contributed by atoms with Crippen LogP contribution in [-0.2, 0) is 11.2 Å². The Morgan fingerprint density at radius 1 is 1.80 bits per heavy atom. The summed E-state index contributed by atoms with van der Waals surface area (Å²) >= 11 is 0. The minimum absolute atomic E-state index is 0. The van der Waals surface area contributed by atoms with Gasteiger partial charge in [-0.3, -0.25) is 0 Å². The zero-order valence-corrected chi connectivity index (χ0v) is 7.63. The molecule has 1 aromatic rings. The van der Waals surface area contributed by atoms with E-state index >= 15 is 0 Å². The van der Waals surface area contributed by atoms with Gasteiger partial charge in [-0.15, -0.1) is 0 Å². The fraction of sp³-hybridized carbons (Fsp3) is 0.200. The van der Waals surface area contributed by atoms with Crippen LogP contribution in [0.5, 0.6) is 0 Å². The van der Waals surface area contributed by atoms with Crippen molar-refractivity contribution in [3.63, 3.8) is 0 Å². The van der Waals surface area contributed by atoms with Gasteiger partial charge >= 0.3 is 29.6 Å². The van der Waals surface area contributed by atoms with E-state index in [0.29, 0.717) is 5.69 Å². The molecule has 1 heterocycles. The molecule has 4 nitrogen and oxygen atoms in total. The Labute approximate surface area is 80.0 Å². The van der Waals surface area contributed by atoms with Crippen LogP contribution in [0.15, 0.2) is 12.5 Å². The molecule has 0 aliphatic rings. The first-order chi connectivity index (χ1) is 4.29. The Bertz CT molecular complexity index is 197. The predicted molar refractivity (Wildman–Crippen MR) is 27.3 cm³/mol. The van der Waals surface area contributed by atoms with Crippen molar-refractivity contribution in [1.82, 2.24) is 9.97 Å². The molecule has 0 saturated carbocycles. The summed E-state index contributed by atoms with van der Waals surface area (Å²) in [5, 5.41) is 9.90. The van der Waals surface area contributed by atoms with Gasteiger partial charge in [-0.25, -0.2) is 4.98 Å². The minimum Gasteiger partial charge on any atom is -0.550 e. The van der Waals surface area contributed by atoms with E-state index in [1.807, 2.05) is 0 Å². The van der Waals surface area contributed by atoms with Crippen molar-refractivity contribution < 1.29 is 39.5 Å². The van der Waals surface area contributed by atoms with Gasteiger partial charge in [0.25, 0.3) is 0 Å². The van der Waals surface area contributed by atoms with Gasteiger partial charge in [-0.1, -0.05) is 0 Å². The SMILES string of the molecule is O=C([O-])Cc1c[nH]cn1.[Na+]. The van der Waals surface area contributed by atoms with Crippen LogP contribution in [-0.4, -0.2) is 15.9 Å². The second-order valence-corrected chi connectivity index (χ2v) is 1.61. The first-order valence-corrected chi connectivity index (χ1v) is 2.46. The Kier molecular flexibility index (Phi) is 4.34. The van der Waals surface area contributed by atoms with Gasteiger partial charge in [0.15, 0.2) is 0 Å². The second-order valence-electron chi connectivity index (χ2n) is 1.61. The van der Waals surface area contributed by atoms with Gasteiger partial charge in [0, 0.05) is 18.6 Å². The van der Waals surface area contributed by atoms with Crippen LogP contribution in [0.3, 0.4) is 0 Å². The van der Waals surface area contributed by atoms with Crippen molar-refractivity contribution in [2.24, 2.45) is 0 Å². The van der Waals surface area contributed by atoms with Crippen LogP contribution in [0.25, 0.3) is 0 Å². The van der Waals surface area contributed by atoms with Gasteiger partial charge in [-0.2, -0.15) is 0 Å². The van der Waals surface area contributed by atoms with Crippen LogP contribution in [0, 0.1) is 0 Å². The molecule has 0 fully saturated rings. The number of carboxylic acid groups (broad SMARTS) is 1. The molecule has 0 saturated heterocycles. The van der Waals surface area contributed by atoms with Gasteiger partial charge in [-0.05, 0) is 0 Å². The van der Waals surface area contributed by atoms with Gasteiger partial charge in [0.1, 0.15) is 0 Å². The molecule has 1 N–H and O–H groups in total. The number of aliphatic carboxylic acids is 1. The first kappa shape index (κ1) is 9.68. The fourth-order valence-corrected chi connectivity index (χ4v) is 0.535. The van der Waals surface area contributed by atoms with Crippen molar-refractivity contribution in [2.75, 3.05) is 0 Å². The smallest absolute Gasteiger partial charge is 0.550 e. The van der Waals surface area contributed by atoms with Crippen molar-refractivity contribution in [3.05, 3.63) is 18.2 Å². The minimum atomic E-state index is -1.11. The zero-order valence-electron chi connectivity index (χ0n) is 5.63. The number of aromatic nitrogens is 2. The third-order valence-corrected chi connectivity index (χ3v) is 0.880. The third-order valence-electron chi connectivity index (χ3n) is 0.880. The van der Waals surface area contributed by atoms with E-state index in [9.17, 15) is 9.90 Å². The molecule has 0 aliphatic heterocycles. The van der Waals surface area contributed by atoms with E-state index in [0.717, 1.165) is 0 Å². The standard InChI is InChI=1S/C5H6N2O2.Na/c8-5(9)1-4-2-6-3-7-4;/h2-3H,1H2,(H,6,7)(H,8,9);/q;+1/p-1. The molecule has 0 aliphatic carbocycles.